The van der Waals surface area contributed by atoms with Gasteiger partial charge in [0.1, 0.15) is 0 Å². The summed E-state index contributed by atoms with van der Waals surface area (Å²) in [5.74, 6) is 1.50. The van der Waals surface area contributed by atoms with Crippen LogP contribution in [0.15, 0.2) is 0 Å². The molecule has 0 amide bonds. The molecule has 0 bridgehead atoms. The third kappa shape index (κ3) is 134. The molecule has 0 spiro atoms. The molecule has 2 heteroatoms. The summed E-state index contributed by atoms with van der Waals surface area (Å²) < 4.78 is 0. The SMILES string of the molecule is C.C.CC(C)=[N-].CC[C-](C)C.[Y]. The zero-order valence-corrected chi connectivity index (χ0v) is 10.6. The predicted molar refractivity (Wildman–Crippen MR) is 58.1 cm³/mol. The van der Waals surface area contributed by atoms with Crippen LogP contribution in [0.2, 0.25) is 0 Å². The average Bonchev–Trinajstić information content (AvgIpc) is 1.65. The van der Waals surface area contributed by atoms with E-state index in [4.69, 9.17) is 5.41 Å². The monoisotopic (exact) mass is 248 g/mol. The molecule has 0 heterocycles. The molecule has 0 aliphatic heterocycles. The van der Waals surface area contributed by atoms with Crippen LogP contribution in [0.4, 0.5) is 0 Å². The summed E-state index contributed by atoms with van der Waals surface area (Å²) in [4.78, 5) is 0. The third-order valence-corrected chi connectivity index (χ3v) is 0.707. The molecular weight excluding hydrogens is 223 g/mol. The van der Waals surface area contributed by atoms with Crippen molar-refractivity contribution < 1.29 is 32.7 Å². The van der Waals surface area contributed by atoms with Crippen molar-refractivity contribution in [3.05, 3.63) is 11.3 Å². The van der Waals surface area contributed by atoms with Crippen molar-refractivity contribution >= 4 is 5.71 Å². The smallest absolute Gasteiger partial charge is 0 e. The molecule has 0 saturated carbocycles. The molecule has 0 aromatic rings. The fourth-order valence-electron chi connectivity index (χ4n) is 0. The van der Waals surface area contributed by atoms with Gasteiger partial charge in [0.05, 0.1) is 0 Å². The van der Waals surface area contributed by atoms with Crippen molar-refractivity contribution in [3.63, 3.8) is 0 Å². The van der Waals surface area contributed by atoms with Gasteiger partial charge in [0.15, 0.2) is 0 Å². The molecule has 0 aromatic carbocycles. The van der Waals surface area contributed by atoms with E-state index >= 15 is 0 Å². The van der Waals surface area contributed by atoms with Gasteiger partial charge in [0, 0.05) is 32.7 Å². The van der Waals surface area contributed by atoms with Crippen LogP contribution < -0.4 is 0 Å². The second kappa shape index (κ2) is 22.6. The number of hydrogen-bond donors (Lipinski definition) is 0. The van der Waals surface area contributed by atoms with E-state index in [9.17, 15) is 0 Å². The number of rotatable bonds is 1. The maximum atomic E-state index is 7.97. The molecule has 1 radical (unpaired) electrons. The van der Waals surface area contributed by atoms with Crippen molar-refractivity contribution in [1.82, 2.24) is 0 Å². The summed E-state index contributed by atoms with van der Waals surface area (Å²) in [7, 11) is 0. The summed E-state index contributed by atoms with van der Waals surface area (Å²) in [6.07, 6.45) is 1.22. The molecule has 0 N–H and O–H groups in total. The molecule has 0 fully saturated rings. The van der Waals surface area contributed by atoms with Crippen LogP contribution in [-0.4, -0.2) is 5.71 Å². The molecule has 0 aliphatic carbocycles. The van der Waals surface area contributed by atoms with E-state index in [0.29, 0.717) is 5.71 Å². The molecule has 0 rings (SSSR count). The second-order valence-corrected chi connectivity index (χ2v) is 2.51. The molecule has 1 nitrogen and oxygen atoms in total. The van der Waals surface area contributed by atoms with Crippen LogP contribution >= 0.6 is 0 Å². The fraction of sp³-hybridized carbons (Fsp3) is 0.800. The first kappa shape index (κ1) is 29.3. The number of nitrogens with zero attached hydrogens (tertiary/aromatic N) is 1. The minimum absolute atomic E-state index is 0. The van der Waals surface area contributed by atoms with E-state index in [1.165, 1.54) is 12.3 Å². The van der Waals surface area contributed by atoms with Crippen LogP contribution in [0.3, 0.4) is 0 Å². The van der Waals surface area contributed by atoms with Crippen molar-refractivity contribution in [1.29, 1.82) is 0 Å². The van der Waals surface area contributed by atoms with E-state index in [2.05, 4.69) is 20.8 Å². The van der Waals surface area contributed by atoms with Crippen LogP contribution in [0.5, 0.6) is 0 Å². The van der Waals surface area contributed by atoms with Crippen molar-refractivity contribution in [3.8, 4) is 0 Å². The third-order valence-electron chi connectivity index (χ3n) is 0.707. The Hall–Kier alpha value is 0.774. The maximum Gasteiger partial charge on any atom is 0 e. The Morgan fingerprint density at radius 2 is 1.25 bits per heavy atom. The summed E-state index contributed by atoms with van der Waals surface area (Å²) in [5, 5.41) is 7.97. The van der Waals surface area contributed by atoms with E-state index in [0.717, 1.165) is 0 Å². The molecule has 0 unspecified atom stereocenters. The first-order chi connectivity index (χ1) is 4.00. The predicted octanol–water partition coefficient (Wildman–Crippen LogP) is 4.32. The second-order valence-electron chi connectivity index (χ2n) is 2.51. The first-order valence-corrected chi connectivity index (χ1v) is 3.28. The molecule has 0 atom stereocenters. The molecular formula is C10H25NY-2. The van der Waals surface area contributed by atoms with Gasteiger partial charge >= 0.3 is 0 Å². The Bertz CT molecular complexity index is 66.2. The van der Waals surface area contributed by atoms with E-state index < -0.39 is 0 Å². The Morgan fingerprint density at radius 3 is 1.25 bits per heavy atom. The quantitative estimate of drug-likeness (QED) is 0.487. The molecule has 12 heavy (non-hydrogen) atoms. The Kier molecular flexibility index (Phi) is 55.2. The van der Waals surface area contributed by atoms with Gasteiger partial charge in [-0.05, 0) is 0 Å². The maximum absolute atomic E-state index is 7.97. The molecule has 75 valence electrons. The van der Waals surface area contributed by atoms with Gasteiger partial charge in [-0.15, -0.1) is 0 Å². The van der Waals surface area contributed by atoms with Gasteiger partial charge in [-0.1, -0.05) is 35.6 Å². The average molecular weight is 248 g/mol. The van der Waals surface area contributed by atoms with Crippen molar-refractivity contribution in [2.75, 3.05) is 0 Å². The minimum Gasteiger partial charge on any atom is -0.812 e. The van der Waals surface area contributed by atoms with Gasteiger partial charge in [-0.3, -0.25) is 0 Å². The molecule has 0 saturated heterocycles. The standard InChI is InChI=1S/C5H11.C3H6N.2CH4.Y/c1-4-5(2)3;1-3(2)4;;;/h4H2,1-3H3;1-2H3;2*1H4;/q2*-1;;;. The summed E-state index contributed by atoms with van der Waals surface area (Å²) in [5.41, 5.74) is 0.417. The van der Waals surface area contributed by atoms with Gasteiger partial charge in [-0.25, -0.2) is 5.71 Å². The summed E-state index contributed by atoms with van der Waals surface area (Å²) >= 11 is 0. The van der Waals surface area contributed by atoms with Gasteiger partial charge in [-0.2, -0.15) is 20.3 Å². The van der Waals surface area contributed by atoms with Crippen LogP contribution in [0.25, 0.3) is 5.41 Å². The van der Waals surface area contributed by atoms with Crippen LogP contribution in [0, 0.1) is 5.92 Å². The fourth-order valence-corrected chi connectivity index (χ4v) is 0. The van der Waals surface area contributed by atoms with Crippen molar-refractivity contribution in [2.24, 2.45) is 0 Å². The summed E-state index contributed by atoms with van der Waals surface area (Å²) in [6, 6.07) is 0. The minimum atomic E-state index is 0. The Morgan fingerprint density at radius 1 is 1.17 bits per heavy atom. The van der Waals surface area contributed by atoms with E-state index in [1.807, 2.05) is 0 Å². The van der Waals surface area contributed by atoms with Crippen LogP contribution in [-0.2, 0) is 32.7 Å². The summed E-state index contributed by atoms with van der Waals surface area (Å²) in [6.45, 7) is 9.72. The number of hydrogen-bond acceptors (Lipinski definition) is 0. The van der Waals surface area contributed by atoms with Gasteiger partial charge in [0.2, 0.25) is 0 Å². The largest absolute Gasteiger partial charge is 0.812 e. The molecule has 0 aromatic heterocycles. The Labute approximate surface area is 105 Å². The van der Waals surface area contributed by atoms with Crippen molar-refractivity contribution in [2.45, 2.75) is 55.9 Å². The van der Waals surface area contributed by atoms with Gasteiger partial charge < -0.3 is 11.3 Å². The van der Waals surface area contributed by atoms with Crippen LogP contribution in [0.1, 0.15) is 55.9 Å². The van der Waals surface area contributed by atoms with E-state index in [-0.39, 0.29) is 47.6 Å². The normalized spacial score (nSPS) is 6.17. The molecule has 0 aliphatic rings. The Balaban J connectivity index is -0.0000000221. The topological polar surface area (TPSA) is 22.3 Å². The zero-order valence-electron chi connectivity index (χ0n) is 7.73. The van der Waals surface area contributed by atoms with Gasteiger partial charge in [0.25, 0.3) is 0 Å². The first-order valence-electron chi connectivity index (χ1n) is 3.28. The van der Waals surface area contributed by atoms with E-state index in [1.54, 1.807) is 13.8 Å². The zero-order chi connectivity index (χ0) is 7.86.